The van der Waals surface area contributed by atoms with Gasteiger partial charge in [0.15, 0.2) is 0 Å². The molecule has 0 spiro atoms. The van der Waals surface area contributed by atoms with E-state index >= 15 is 0 Å². The number of hydrogen-bond acceptors (Lipinski definition) is 2. The average molecular weight is 284 g/mol. The highest BCUT2D eigenvalue weighted by atomic mass is 35.5. The Balaban J connectivity index is 2.09. The van der Waals surface area contributed by atoms with Gasteiger partial charge >= 0.3 is 0 Å². The largest absolute Gasteiger partial charge is 0.456 e. The number of rotatable bonds is 3. The van der Waals surface area contributed by atoms with E-state index in [2.05, 4.69) is 0 Å². The van der Waals surface area contributed by atoms with E-state index in [-0.39, 0.29) is 0 Å². The van der Waals surface area contributed by atoms with Crippen molar-refractivity contribution in [2.75, 3.05) is 0 Å². The summed E-state index contributed by atoms with van der Waals surface area (Å²) in [5, 5.41) is 2.70. The third-order valence-corrected chi connectivity index (χ3v) is 3.57. The Morgan fingerprint density at radius 2 is 1.50 bits per heavy atom. The van der Waals surface area contributed by atoms with Gasteiger partial charge in [0, 0.05) is 27.9 Å². The van der Waals surface area contributed by atoms with Crippen molar-refractivity contribution < 1.29 is 4.74 Å². The number of halogens is 1. The fourth-order valence-electron chi connectivity index (χ4n) is 2.21. The van der Waals surface area contributed by atoms with Gasteiger partial charge in [-0.2, -0.15) is 0 Å². The summed E-state index contributed by atoms with van der Waals surface area (Å²) >= 11 is 6.21. The van der Waals surface area contributed by atoms with Gasteiger partial charge in [-0.3, -0.25) is 0 Å². The van der Waals surface area contributed by atoms with Gasteiger partial charge in [0.05, 0.1) is 0 Å². The van der Waals surface area contributed by atoms with Crippen LogP contribution in [0, 0.1) is 0 Å². The molecule has 0 aromatic heterocycles. The second-order valence-corrected chi connectivity index (χ2v) is 4.91. The minimum Gasteiger partial charge on any atom is -0.456 e. The quantitative estimate of drug-likeness (QED) is 0.753. The molecular formula is C17H14ClNO. The standard InChI is InChI=1S/C17H14ClNO/c18-15-9-10-17(14-7-3-2-6-13(14)15)20-16-8-4-1-5-12(16)11-19/h1-10H,11,19H2. The molecule has 0 bridgehead atoms. The van der Waals surface area contributed by atoms with Crippen molar-refractivity contribution in [3.05, 3.63) is 71.2 Å². The summed E-state index contributed by atoms with van der Waals surface area (Å²) in [5.74, 6) is 1.56. The number of benzene rings is 3. The summed E-state index contributed by atoms with van der Waals surface area (Å²) < 4.78 is 6.03. The zero-order valence-electron chi connectivity index (χ0n) is 10.8. The summed E-state index contributed by atoms with van der Waals surface area (Å²) in [5.41, 5.74) is 6.72. The molecule has 2 N–H and O–H groups in total. The topological polar surface area (TPSA) is 35.2 Å². The molecule has 0 saturated heterocycles. The van der Waals surface area contributed by atoms with E-state index < -0.39 is 0 Å². The predicted octanol–water partition coefficient (Wildman–Crippen LogP) is 4.74. The Kier molecular flexibility index (Phi) is 3.59. The first-order valence-corrected chi connectivity index (χ1v) is 6.80. The molecule has 0 saturated carbocycles. The minimum atomic E-state index is 0.446. The lowest BCUT2D eigenvalue weighted by molar-refractivity contribution is 0.482. The third-order valence-electron chi connectivity index (χ3n) is 3.24. The lowest BCUT2D eigenvalue weighted by Crippen LogP contribution is -1.99. The first-order chi connectivity index (χ1) is 9.79. The van der Waals surface area contributed by atoms with E-state index in [0.717, 1.165) is 32.9 Å². The number of nitrogens with two attached hydrogens (primary N) is 1. The van der Waals surface area contributed by atoms with Crippen LogP contribution in [-0.4, -0.2) is 0 Å². The lowest BCUT2D eigenvalue weighted by Gasteiger charge is -2.12. The van der Waals surface area contributed by atoms with E-state index in [0.29, 0.717) is 6.54 Å². The van der Waals surface area contributed by atoms with Crippen molar-refractivity contribution in [3.63, 3.8) is 0 Å². The van der Waals surface area contributed by atoms with Crippen molar-refractivity contribution in [3.8, 4) is 11.5 Å². The monoisotopic (exact) mass is 283 g/mol. The molecule has 3 heteroatoms. The van der Waals surface area contributed by atoms with Crippen molar-refractivity contribution in [2.24, 2.45) is 5.73 Å². The van der Waals surface area contributed by atoms with Crippen LogP contribution in [0.2, 0.25) is 5.02 Å². The maximum absolute atomic E-state index is 6.21. The molecule has 3 aromatic carbocycles. The predicted molar refractivity (Wildman–Crippen MR) is 83.4 cm³/mol. The minimum absolute atomic E-state index is 0.446. The zero-order valence-corrected chi connectivity index (χ0v) is 11.6. The Morgan fingerprint density at radius 1 is 0.800 bits per heavy atom. The van der Waals surface area contributed by atoms with Crippen LogP contribution in [-0.2, 0) is 6.54 Å². The van der Waals surface area contributed by atoms with Gasteiger partial charge in [0.2, 0.25) is 0 Å². The van der Waals surface area contributed by atoms with Crippen molar-refractivity contribution in [1.82, 2.24) is 0 Å². The number of fused-ring (bicyclic) bond motifs is 1. The first-order valence-electron chi connectivity index (χ1n) is 6.42. The van der Waals surface area contributed by atoms with Crippen molar-refractivity contribution in [1.29, 1.82) is 0 Å². The SMILES string of the molecule is NCc1ccccc1Oc1ccc(Cl)c2ccccc12. The Labute approximate surface area is 122 Å². The van der Waals surface area contributed by atoms with E-state index in [9.17, 15) is 0 Å². The first kappa shape index (κ1) is 13.0. The summed E-state index contributed by atoms with van der Waals surface area (Å²) in [7, 11) is 0. The summed E-state index contributed by atoms with van der Waals surface area (Å²) in [6.45, 7) is 0.446. The van der Waals surface area contributed by atoms with Gasteiger partial charge in [0.1, 0.15) is 11.5 Å². The van der Waals surface area contributed by atoms with Gasteiger partial charge in [-0.15, -0.1) is 0 Å². The summed E-state index contributed by atoms with van der Waals surface area (Å²) in [4.78, 5) is 0. The van der Waals surface area contributed by atoms with Gasteiger partial charge in [-0.1, -0.05) is 54.1 Å². The van der Waals surface area contributed by atoms with Gasteiger partial charge in [-0.25, -0.2) is 0 Å². The van der Waals surface area contributed by atoms with E-state index in [1.165, 1.54) is 0 Å². The van der Waals surface area contributed by atoms with Gasteiger partial charge in [0.25, 0.3) is 0 Å². The molecule has 20 heavy (non-hydrogen) atoms. The highest BCUT2D eigenvalue weighted by Gasteiger charge is 2.08. The van der Waals surface area contributed by atoms with E-state index in [1.807, 2.05) is 60.7 Å². The van der Waals surface area contributed by atoms with Crippen LogP contribution in [0.5, 0.6) is 11.5 Å². The molecule has 0 fully saturated rings. The average Bonchev–Trinajstić information content (AvgIpc) is 2.51. The maximum Gasteiger partial charge on any atom is 0.135 e. The third kappa shape index (κ3) is 2.36. The van der Waals surface area contributed by atoms with Crippen LogP contribution in [0.3, 0.4) is 0 Å². The molecule has 0 aliphatic rings. The summed E-state index contributed by atoms with van der Waals surface area (Å²) in [6, 6.07) is 19.4. The molecule has 0 amide bonds. The van der Waals surface area contributed by atoms with Crippen molar-refractivity contribution in [2.45, 2.75) is 6.54 Å². The highest BCUT2D eigenvalue weighted by molar-refractivity contribution is 6.35. The molecule has 0 atom stereocenters. The molecule has 3 rings (SSSR count). The summed E-state index contributed by atoms with van der Waals surface area (Å²) in [6.07, 6.45) is 0. The van der Waals surface area contributed by atoms with Crippen LogP contribution in [0.4, 0.5) is 0 Å². The van der Waals surface area contributed by atoms with Crippen LogP contribution in [0.15, 0.2) is 60.7 Å². The molecule has 0 radical (unpaired) electrons. The number of para-hydroxylation sites is 1. The molecule has 2 nitrogen and oxygen atoms in total. The smallest absolute Gasteiger partial charge is 0.135 e. The second kappa shape index (κ2) is 5.53. The lowest BCUT2D eigenvalue weighted by atomic mass is 10.1. The second-order valence-electron chi connectivity index (χ2n) is 4.51. The van der Waals surface area contributed by atoms with Crippen LogP contribution in [0.25, 0.3) is 10.8 Å². The van der Waals surface area contributed by atoms with Crippen LogP contribution >= 0.6 is 11.6 Å². The fourth-order valence-corrected chi connectivity index (χ4v) is 2.44. The fraction of sp³-hybridized carbons (Fsp3) is 0.0588. The van der Waals surface area contributed by atoms with Gasteiger partial charge in [-0.05, 0) is 18.2 Å². The van der Waals surface area contributed by atoms with E-state index in [4.69, 9.17) is 22.1 Å². The maximum atomic E-state index is 6.21. The number of hydrogen-bond donors (Lipinski definition) is 1. The normalized spacial score (nSPS) is 10.7. The molecule has 3 aromatic rings. The van der Waals surface area contributed by atoms with Gasteiger partial charge < -0.3 is 10.5 Å². The number of ether oxygens (including phenoxy) is 1. The Morgan fingerprint density at radius 3 is 2.30 bits per heavy atom. The van der Waals surface area contributed by atoms with E-state index in [1.54, 1.807) is 0 Å². The highest BCUT2D eigenvalue weighted by Crippen LogP contribution is 2.34. The molecule has 100 valence electrons. The van der Waals surface area contributed by atoms with Crippen LogP contribution in [0.1, 0.15) is 5.56 Å². The van der Waals surface area contributed by atoms with Crippen LogP contribution < -0.4 is 10.5 Å². The zero-order chi connectivity index (χ0) is 13.9. The Bertz CT molecular complexity index is 755. The Hall–Kier alpha value is -2.03. The molecule has 0 aliphatic heterocycles. The molecular weight excluding hydrogens is 270 g/mol. The molecule has 0 heterocycles. The van der Waals surface area contributed by atoms with Crippen molar-refractivity contribution >= 4 is 22.4 Å². The molecule has 0 aliphatic carbocycles. The molecule has 0 unspecified atom stereocenters.